The molecule has 0 aliphatic carbocycles. The number of amides is 2. The zero-order valence-electron chi connectivity index (χ0n) is 10.6. The molecule has 2 amide bonds. The Kier molecular flexibility index (Phi) is 5.61. The highest BCUT2D eigenvalue weighted by molar-refractivity contribution is 5.84. The largest absolute Gasteiger partial charge is 0.481 e. The summed E-state index contributed by atoms with van der Waals surface area (Å²) in [7, 11) is 0. The molecule has 1 rings (SSSR count). The Bertz CT molecular complexity index is 320. The van der Waals surface area contributed by atoms with Gasteiger partial charge in [0.05, 0.1) is 12.3 Å². The molecule has 1 aliphatic heterocycles. The first kappa shape index (κ1) is 14.5. The number of hydrogen-bond donors (Lipinski definition) is 3. The molecule has 0 aromatic carbocycles. The SMILES string of the molecule is CCCC(CC(=O)O)NC(=O)C1CCC(=O)NC1. The minimum Gasteiger partial charge on any atom is -0.481 e. The van der Waals surface area contributed by atoms with Gasteiger partial charge in [-0.15, -0.1) is 0 Å². The number of hydrogen-bond acceptors (Lipinski definition) is 3. The van der Waals surface area contributed by atoms with Crippen molar-refractivity contribution in [3.05, 3.63) is 0 Å². The van der Waals surface area contributed by atoms with Crippen molar-refractivity contribution in [1.82, 2.24) is 10.6 Å². The van der Waals surface area contributed by atoms with E-state index in [2.05, 4.69) is 10.6 Å². The summed E-state index contributed by atoms with van der Waals surface area (Å²) in [5.41, 5.74) is 0. The van der Waals surface area contributed by atoms with Crippen LogP contribution in [0.25, 0.3) is 0 Å². The Morgan fingerprint density at radius 3 is 2.78 bits per heavy atom. The molecule has 1 heterocycles. The van der Waals surface area contributed by atoms with E-state index in [-0.39, 0.29) is 30.2 Å². The first-order valence-corrected chi connectivity index (χ1v) is 6.31. The van der Waals surface area contributed by atoms with E-state index in [4.69, 9.17) is 5.11 Å². The second kappa shape index (κ2) is 6.98. The van der Waals surface area contributed by atoms with Crippen LogP contribution in [-0.4, -0.2) is 35.5 Å². The Hall–Kier alpha value is -1.59. The summed E-state index contributed by atoms with van der Waals surface area (Å²) in [4.78, 5) is 33.6. The summed E-state index contributed by atoms with van der Waals surface area (Å²) >= 11 is 0. The van der Waals surface area contributed by atoms with Gasteiger partial charge >= 0.3 is 5.97 Å². The highest BCUT2D eigenvalue weighted by atomic mass is 16.4. The van der Waals surface area contributed by atoms with Gasteiger partial charge in [0.2, 0.25) is 11.8 Å². The molecule has 3 N–H and O–H groups in total. The molecule has 1 aliphatic rings. The average molecular weight is 256 g/mol. The topological polar surface area (TPSA) is 95.5 Å². The van der Waals surface area contributed by atoms with Gasteiger partial charge in [0, 0.05) is 19.0 Å². The Labute approximate surface area is 106 Å². The first-order chi connectivity index (χ1) is 8.52. The summed E-state index contributed by atoms with van der Waals surface area (Å²) in [6.07, 6.45) is 2.30. The van der Waals surface area contributed by atoms with E-state index >= 15 is 0 Å². The third-order valence-electron chi connectivity index (χ3n) is 3.04. The lowest BCUT2D eigenvalue weighted by atomic mass is 9.97. The van der Waals surface area contributed by atoms with Crippen LogP contribution in [0.4, 0.5) is 0 Å². The molecule has 18 heavy (non-hydrogen) atoms. The summed E-state index contributed by atoms with van der Waals surface area (Å²) in [6, 6.07) is -0.322. The maximum absolute atomic E-state index is 11.9. The second-order valence-corrected chi connectivity index (χ2v) is 4.63. The van der Waals surface area contributed by atoms with Gasteiger partial charge in [-0.2, -0.15) is 0 Å². The quantitative estimate of drug-likeness (QED) is 0.635. The molecule has 6 nitrogen and oxygen atoms in total. The lowest BCUT2D eigenvalue weighted by Crippen LogP contribution is -2.46. The van der Waals surface area contributed by atoms with Gasteiger partial charge in [-0.05, 0) is 12.8 Å². The predicted molar refractivity (Wildman–Crippen MR) is 64.8 cm³/mol. The van der Waals surface area contributed by atoms with Crippen LogP contribution in [-0.2, 0) is 14.4 Å². The fourth-order valence-corrected chi connectivity index (χ4v) is 2.06. The number of rotatable bonds is 6. The van der Waals surface area contributed by atoms with Crippen LogP contribution in [0.1, 0.15) is 39.0 Å². The molecular weight excluding hydrogens is 236 g/mol. The van der Waals surface area contributed by atoms with E-state index in [0.29, 0.717) is 25.8 Å². The number of carboxylic acid groups (broad SMARTS) is 1. The highest BCUT2D eigenvalue weighted by Crippen LogP contribution is 2.12. The standard InChI is InChI=1S/C12H20N2O4/c1-2-3-9(6-11(16)17)14-12(18)8-4-5-10(15)13-7-8/h8-9H,2-7H2,1H3,(H,13,15)(H,14,18)(H,16,17). The molecule has 1 saturated heterocycles. The molecule has 0 saturated carbocycles. The molecule has 6 heteroatoms. The van der Waals surface area contributed by atoms with E-state index in [1.807, 2.05) is 6.92 Å². The molecule has 0 bridgehead atoms. The summed E-state index contributed by atoms with van der Waals surface area (Å²) < 4.78 is 0. The highest BCUT2D eigenvalue weighted by Gasteiger charge is 2.26. The van der Waals surface area contributed by atoms with Crippen LogP contribution >= 0.6 is 0 Å². The average Bonchev–Trinajstić information content (AvgIpc) is 2.29. The maximum Gasteiger partial charge on any atom is 0.305 e. The molecule has 2 atom stereocenters. The van der Waals surface area contributed by atoms with Crippen LogP contribution in [0.5, 0.6) is 0 Å². The van der Waals surface area contributed by atoms with E-state index in [1.165, 1.54) is 0 Å². The smallest absolute Gasteiger partial charge is 0.305 e. The minimum atomic E-state index is -0.911. The van der Waals surface area contributed by atoms with Gasteiger partial charge in [0.15, 0.2) is 0 Å². The normalized spacial score (nSPS) is 20.9. The Morgan fingerprint density at radius 2 is 2.28 bits per heavy atom. The van der Waals surface area contributed by atoms with Crippen molar-refractivity contribution in [3.63, 3.8) is 0 Å². The number of carbonyl (C=O) groups excluding carboxylic acids is 2. The van der Waals surface area contributed by atoms with Gasteiger partial charge in [0.25, 0.3) is 0 Å². The Balaban J connectivity index is 2.44. The van der Waals surface area contributed by atoms with Gasteiger partial charge in [-0.3, -0.25) is 14.4 Å². The van der Waals surface area contributed by atoms with Crippen LogP contribution in [0.15, 0.2) is 0 Å². The summed E-state index contributed by atoms with van der Waals surface area (Å²) in [6.45, 7) is 2.29. The van der Waals surface area contributed by atoms with Crippen molar-refractivity contribution in [3.8, 4) is 0 Å². The lowest BCUT2D eigenvalue weighted by molar-refractivity contribution is -0.137. The molecule has 0 aromatic heterocycles. The second-order valence-electron chi connectivity index (χ2n) is 4.63. The molecule has 0 radical (unpaired) electrons. The number of carbonyl (C=O) groups is 3. The van der Waals surface area contributed by atoms with Crippen LogP contribution in [0.3, 0.4) is 0 Å². The number of nitrogens with one attached hydrogen (secondary N) is 2. The molecule has 102 valence electrons. The monoisotopic (exact) mass is 256 g/mol. The lowest BCUT2D eigenvalue weighted by Gasteiger charge is -2.24. The number of aliphatic carboxylic acids is 1. The van der Waals surface area contributed by atoms with Crippen molar-refractivity contribution in [2.45, 2.75) is 45.1 Å². The third-order valence-corrected chi connectivity index (χ3v) is 3.04. The van der Waals surface area contributed by atoms with E-state index in [1.54, 1.807) is 0 Å². The van der Waals surface area contributed by atoms with Crippen LogP contribution in [0, 0.1) is 5.92 Å². The van der Waals surface area contributed by atoms with Crippen molar-refractivity contribution in [2.75, 3.05) is 6.54 Å². The molecule has 0 spiro atoms. The maximum atomic E-state index is 11.9. The fourth-order valence-electron chi connectivity index (χ4n) is 2.06. The van der Waals surface area contributed by atoms with E-state index in [0.717, 1.165) is 6.42 Å². The zero-order valence-corrected chi connectivity index (χ0v) is 10.6. The van der Waals surface area contributed by atoms with E-state index in [9.17, 15) is 14.4 Å². The van der Waals surface area contributed by atoms with Gasteiger partial charge in [-0.25, -0.2) is 0 Å². The molecule has 2 unspecified atom stereocenters. The van der Waals surface area contributed by atoms with Crippen molar-refractivity contribution < 1.29 is 19.5 Å². The summed E-state index contributed by atoms with van der Waals surface area (Å²) in [5.74, 6) is -1.34. The van der Waals surface area contributed by atoms with Crippen LogP contribution in [0.2, 0.25) is 0 Å². The summed E-state index contributed by atoms with van der Waals surface area (Å²) in [5, 5.41) is 14.2. The predicted octanol–water partition coefficient (Wildman–Crippen LogP) is 0.272. The minimum absolute atomic E-state index is 0.0327. The third kappa shape index (κ3) is 4.73. The van der Waals surface area contributed by atoms with Crippen molar-refractivity contribution >= 4 is 17.8 Å². The van der Waals surface area contributed by atoms with E-state index < -0.39 is 5.97 Å². The zero-order chi connectivity index (χ0) is 13.5. The van der Waals surface area contributed by atoms with Crippen molar-refractivity contribution in [2.24, 2.45) is 5.92 Å². The van der Waals surface area contributed by atoms with Crippen LogP contribution < -0.4 is 10.6 Å². The molecular formula is C12H20N2O4. The number of piperidine rings is 1. The number of carboxylic acids is 1. The fraction of sp³-hybridized carbons (Fsp3) is 0.750. The van der Waals surface area contributed by atoms with Gasteiger partial charge in [-0.1, -0.05) is 13.3 Å². The molecule has 0 aromatic rings. The van der Waals surface area contributed by atoms with Gasteiger partial charge in [0.1, 0.15) is 0 Å². The van der Waals surface area contributed by atoms with Gasteiger partial charge < -0.3 is 15.7 Å². The van der Waals surface area contributed by atoms with Crippen molar-refractivity contribution in [1.29, 1.82) is 0 Å². The first-order valence-electron chi connectivity index (χ1n) is 6.31. The Morgan fingerprint density at radius 1 is 1.56 bits per heavy atom. The molecule has 1 fully saturated rings.